The van der Waals surface area contributed by atoms with Crippen LogP contribution in [0.25, 0.3) is 0 Å². The Balaban J connectivity index is 2.24. The van der Waals surface area contributed by atoms with Crippen LogP contribution in [0.3, 0.4) is 0 Å². The predicted molar refractivity (Wildman–Crippen MR) is 42.0 cm³/mol. The minimum Gasteiger partial charge on any atom is -0.294 e. The van der Waals surface area contributed by atoms with Crippen LogP contribution in [0.5, 0.6) is 0 Å². The first-order valence-corrected chi connectivity index (χ1v) is 3.73. The molecule has 0 aliphatic heterocycles. The minimum atomic E-state index is 0.302. The van der Waals surface area contributed by atoms with Crippen LogP contribution in [-0.4, -0.2) is 5.78 Å². The fraction of sp³-hybridized carbons (Fsp3) is 0.100. The maximum absolute atomic E-state index is 11.0. The molecule has 0 atom stereocenters. The Morgan fingerprint density at radius 2 is 2.27 bits per heavy atom. The summed E-state index contributed by atoms with van der Waals surface area (Å²) in [6.07, 6.45) is 8.83. The monoisotopic (exact) mass is 142 g/mol. The van der Waals surface area contributed by atoms with Crippen molar-refractivity contribution in [1.29, 1.82) is 0 Å². The number of ketones is 1. The molecule has 3 aliphatic rings. The lowest BCUT2D eigenvalue weighted by Crippen LogP contribution is -2.13. The van der Waals surface area contributed by atoms with Crippen molar-refractivity contribution in [1.82, 2.24) is 0 Å². The fourth-order valence-corrected chi connectivity index (χ4v) is 1.81. The van der Waals surface area contributed by atoms with E-state index in [-0.39, 0.29) is 0 Å². The zero-order valence-electron chi connectivity index (χ0n) is 5.92. The van der Waals surface area contributed by atoms with E-state index < -0.39 is 0 Å². The van der Waals surface area contributed by atoms with E-state index in [1.54, 1.807) is 0 Å². The average Bonchev–Trinajstić information content (AvgIpc) is 2.49. The van der Waals surface area contributed by atoms with E-state index in [0.717, 1.165) is 5.57 Å². The van der Waals surface area contributed by atoms with Crippen molar-refractivity contribution in [3.8, 4) is 0 Å². The summed E-state index contributed by atoms with van der Waals surface area (Å²) >= 11 is 0. The maximum Gasteiger partial charge on any atom is 0.167 e. The number of carbonyl (C=O) groups excluding carboxylic acids is 1. The Morgan fingerprint density at radius 1 is 1.36 bits per heavy atom. The summed E-state index contributed by atoms with van der Waals surface area (Å²) in [5, 5.41) is 0. The lowest BCUT2D eigenvalue weighted by molar-refractivity contribution is -0.116. The van der Waals surface area contributed by atoms with E-state index in [9.17, 15) is 4.79 Å². The highest BCUT2D eigenvalue weighted by Gasteiger charge is 2.34. The quantitative estimate of drug-likeness (QED) is 0.503. The van der Waals surface area contributed by atoms with Gasteiger partial charge in [-0.25, -0.2) is 0 Å². The second kappa shape index (κ2) is 1.45. The number of hydrogen-bond donors (Lipinski definition) is 0. The molecule has 1 nitrogen and oxygen atoms in total. The summed E-state index contributed by atoms with van der Waals surface area (Å²) in [6, 6.07) is 0. The second-order valence-electron chi connectivity index (χ2n) is 3.03. The zero-order valence-corrected chi connectivity index (χ0v) is 5.92. The molecular weight excluding hydrogens is 136 g/mol. The normalized spacial score (nSPS) is 24.5. The first-order valence-electron chi connectivity index (χ1n) is 3.73. The lowest BCUT2D eigenvalue weighted by atomic mass is 9.87. The first kappa shape index (κ1) is 5.30. The second-order valence-corrected chi connectivity index (χ2v) is 3.03. The van der Waals surface area contributed by atoms with Gasteiger partial charge in [0, 0.05) is 12.0 Å². The summed E-state index contributed by atoms with van der Waals surface area (Å²) in [5.41, 5.74) is 4.71. The molecule has 0 heterocycles. The van der Waals surface area contributed by atoms with Crippen LogP contribution < -0.4 is 0 Å². The number of fused-ring (bicyclic) bond motifs is 2. The number of carbonyl (C=O) groups is 1. The molecule has 0 aromatic carbocycles. The highest BCUT2D eigenvalue weighted by molar-refractivity contribution is 6.11. The SMILES string of the molecule is O=C1CC2=C1C=C1C=CC=C12. The van der Waals surface area contributed by atoms with Gasteiger partial charge in [-0.2, -0.15) is 0 Å². The molecule has 0 aromatic heterocycles. The predicted octanol–water partition coefficient (Wildman–Crippen LogP) is 1.69. The van der Waals surface area contributed by atoms with E-state index in [1.165, 1.54) is 16.7 Å². The molecule has 3 rings (SSSR count). The molecule has 0 aromatic rings. The Morgan fingerprint density at radius 3 is 3.09 bits per heavy atom. The number of hydrogen-bond acceptors (Lipinski definition) is 1. The molecule has 1 heteroatoms. The number of Topliss-reactive ketones (excluding diaryl/α,β-unsaturated/α-hetero) is 1. The highest BCUT2D eigenvalue weighted by Crippen LogP contribution is 2.43. The molecular formula is C10H6O. The molecule has 0 unspecified atom stereocenters. The van der Waals surface area contributed by atoms with E-state index >= 15 is 0 Å². The van der Waals surface area contributed by atoms with Crippen molar-refractivity contribution in [3.05, 3.63) is 46.6 Å². The third kappa shape index (κ3) is 0.463. The smallest absolute Gasteiger partial charge is 0.167 e. The first-order chi connectivity index (χ1) is 5.36. The molecule has 11 heavy (non-hydrogen) atoms. The van der Waals surface area contributed by atoms with Crippen molar-refractivity contribution in [3.63, 3.8) is 0 Å². The van der Waals surface area contributed by atoms with Gasteiger partial charge in [-0.15, -0.1) is 0 Å². The molecule has 0 saturated carbocycles. The molecule has 3 aliphatic carbocycles. The molecule has 0 radical (unpaired) electrons. The van der Waals surface area contributed by atoms with Crippen LogP contribution in [0.15, 0.2) is 46.6 Å². The van der Waals surface area contributed by atoms with Crippen molar-refractivity contribution < 1.29 is 4.79 Å². The van der Waals surface area contributed by atoms with Crippen LogP contribution in [0.1, 0.15) is 6.42 Å². The molecule has 0 N–H and O–H groups in total. The minimum absolute atomic E-state index is 0.302. The Labute approximate surface area is 64.4 Å². The van der Waals surface area contributed by atoms with Gasteiger partial charge in [-0.05, 0) is 22.8 Å². The van der Waals surface area contributed by atoms with E-state index in [2.05, 4.69) is 12.2 Å². The molecule has 0 amide bonds. The van der Waals surface area contributed by atoms with Crippen molar-refractivity contribution in [2.24, 2.45) is 0 Å². The average molecular weight is 142 g/mol. The van der Waals surface area contributed by atoms with Crippen molar-refractivity contribution >= 4 is 5.78 Å². The number of allylic oxidation sites excluding steroid dienone is 8. The van der Waals surface area contributed by atoms with Crippen LogP contribution in [0, 0.1) is 0 Å². The summed E-state index contributed by atoms with van der Waals surface area (Å²) in [4.78, 5) is 11.0. The fourth-order valence-electron chi connectivity index (χ4n) is 1.81. The zero-order chi connectivity index (χ0) is 7.42. The molecule has 52 valence electrons. The van der Waals surface area contributed by atoms with E-state index in [0.29, 0.717) is 12.2 Å². The van der Waals surface area contributed by atoms with Crippen LogP contribution in [0.4, 0.5) is 0 Å². The number of rotatable bonds is 0. The lowest BCUT2D eigenvalue weighted by Gasteiger charge is -2.14. The van der Waals surface area contributed by atoms with Crippen molar-refractivity contribution in [2.75, 3.05) is 0 Å². The molecule has 0 spiro atoms. The van der Waals surface area contributed by atoms with Gasteiger partial charge in [0.2, 0.25) is 0 Å². The van der Waals surface area contributed by atoms with Crippen LogP contribution >= 0.6 is 0 Å². The topological polar surface area (TPSA) is 17.1 Å². The third-order valence-corrected chi connectivity index (χ3v) is 2.44. The van der Waals surface area contributed by atoms with Crippen LogP contribution in [0.2, 0.25) is 0 Å². The van der Waals surface area contributed by atoms with Gasteiger partial charge in [0.15, 0.2) is 5.78 Å². The van der Waals surface area contributed by atoms with Crippen LogP contribution in [-0.2, 0) is 4.79 Å². The van der Waals surface area contributed by atoms with Gasteiger partial charge in [0.05, 0.1) is 0 Å². The summed E-state index contributed by atoms with van der Waals surface area (Å²) in [7, 11) is 0. The van der Waals surface area contributed by atoms with Gasteiger partial charge in [0.1, 0.15) is 0 Å². The standard InChI is InChI=1S/C10H6O/c11-10-5-8-7-3-1-2-6(7)4-9(8)10/h1-4H,5H2. The van der Waals surface area contributed by atoms with Gasteiger partial charge in [-0.1, -0.05) is 18.2 Å². The highest BCUT2D eigenvalue weighted by atomic mass is 16.1. The Hall–Kier alpha value is -1.37. The van der Waals surface area contributed by atoms with E-state index in [4.69, 9.17) is 0 Å². The Bertz CT molecular complexity index is 389. The van der Waals surface area contributed by atoms with Gasteiger partial charge >= 0.3 is 0 Å². The molecule has 0 fully saturated rings. The summed E-state index contributed by atoms with van der Waals surface area (Å²) < 4.78 is 0. The summed E-state index contributed by atoms with van der Waals surface area (Å²) in [5.74, 6) is 0.302. The molecule has 0 bridgehead atoms. The maximum atomic E-state index is 11.0. The van der Waals surface area contributed by atoms with E-state index in [1.807, 2.05) is 12.2 Å². The van der Waals surface area contributed by atoms with Gasteiger partial charge in [-0.3, -0.25) is 4.79 Å². The van der Waals surface area contributed by atoms with Crippen molar-refractivity contribution in [2.45, 2.75) is 6.42 Å². The van der Waals surface area contributed by atoms with Gasteiger partial charge in [0.25, 0.3) is 0 Å². The third-order valence-electron chi connectivity index (χ3n) is 2.44. The largest absolute Gasteiger partial charge is 0.294 e. The molecule has 0 saturated heterocycles. The van der Waals surface area contributed by atoms with Gasteiger partial charge < -0.3 is 0 Å². The summed E-state index contributed by atoms with van der Waals surface area (Å²) in [6.45, 7) is 0. The Kier molecular flexibility index (Phi) is 0.698.